The topological polar surface area (TPSA) is 58.2 Å². The van der Waals surface area contributed by atoms with Gasteiger partial charge in [0, 0.05) is 11.4 Å². The normalized spacial score (nSPS) is 9.82. The second kappa shape index (κ2) is 6.24. The lowest BCUT2D eigenvalue weighted by molar-refractivity contribution is -0.120. The molecule has 0 bridgehead atoms. The molecule has 0 radical (unpaired) electrons. The maximum absolute atomic E-state index is 13.3. The molecule has 0 aliphatic carbocycles. The van der Waals surface area contributed by atoms with E-state index in [0.717, 1.165) is 6.07 Å². The standard InChI is InChI=1S/C11H13FN2O2S/c1-2-13-10(15)6-14-11(16)8-5-7(17)3-4-9(8)12/h3-5,17H,2,6H2,1H3,(H,13,15)(H,14,16). The molecule has 92 valence electrons. The van der Waals surface area contributed by atoms with Gasteiger partial charge in [0.25, 0.3) is 5.91 Å². The van der Waals surface area contributed by atoms with Crippen LogP contribution in [0.15, 0.2) is 23.1 Å². The van der Waals surface area contributed by atoms with Crippen molar-refractivity contribution in [3.05, 3.63) is 29.6 Å². The van der Waals surface area contributed by atoms with Crippen LogP contribution in [0.3, 0.4) is 0 Å². The van der Waals surface area contributed by atoms with E-state index in [0.29, 0.717) is 11.4 Å². The molecule has 0 fully saturated rings. The van der Waals surface area contributed by atoms with Crippen LogP contribution in [0.5, 0.6) is 0 Å². The summed E-state index contributed by atoms with van der Waals surface area (Å²) in [5, 5.41) is 4.84. The van der Waals surface area contributed by atoms with Crippen molar-refractivity contribution in [1.29, 1.82) is 0 Å². The van der Waals surface area contributed by atoms with E-state index in [-0.39, 0.29) is 18.0 Å². The highest BCUT2D eigenvalue weighted by Crippen LogP contribution is 2.13. The second-order valence-corrected chi connectivity index (χ2v) is 3.82. The molecule has 0 atom stereocenters. The highest BCUT2D eigenvalue weighted by atomic mass is 32.1. The zero-order valence-electron chi connectivity index (χ0n) is 9.29. The van der Waals surface area contributed by atoms with Crippen molar-refractivity contribution in [2.24, 2.45) is 0 Å². The first kappa shape index (κ1) is 13.5. The number of benzene rings is 1. The number of rotatable bonds is 4. The molecule has 0 aliphatic heterocycles. The Morgan fingerprint density at radius 3 is 2.71 bits per heavy atom. The number of amides is 2. The number of carbonyl (C=O) groups excluding carboxylic acids is 2. The number of hydrogen-bond acceptors (Lipinski definition) is 3. The largest absolute Gasteiger partial charge is 0.355 e. The third-order valence-corrected chi connectivity index (χ3v) is 2.26. The third kappa shape index (κ3) is 4.07. The minimum Gasteiger partial charge on any atom is -0.355 e. The summed E-state index contributed by atoms with van der Waals surface area (Å²) >= 11 is 4.01. The van der Waals surface area contributed by atoms with Crippen LogP contribution in [0.1, 0.15) is 17.3 Å². The molecule has 4 nitrogen and oxygen atoms in total. The Labute approximate surface area is 104 Å². The fraction of sp³-hybridized carbons (Fsp3) is 0.273. The van der Waals surface area contributed by atoms with Gasteiger partial charge in [0.2, 0.25) is 5.91 Å². The maximum atomic E-state index is 13.3. The van der Waals surface area contributed by atoms with Crippen molar-refractivity contribution in [3.8, 4) is 0 Å². The number of nitrogens with one attached hydrogen (secondary N) is 2. The summed E-state index contributed by atoms with van der Waals surface area (Å²) in [5.41, 5.74) is -0.123. The summed E-state index contributed by atoms with van der Waals surface area (Å²) in [5.74, 6) is -1.59. The van der Waals surface area contributed by atoms with Gasteiger partial charge < -0.3 is 10.6 Å². The Hall–Kier alpha value is -1.56. The molecule has 0 heterocycles. The van der Waals surface area contributed by atoms with Gasteiger partial charge in [-0.05, 0) is 25.1 Å². The average molecular weight is 256 g/mol. The molecule has 1 aromatic carbocycles. The van der Waals surface area contributed by atoms with Crippen LogP contribution in [0.2, 0.25) is 0 Å². The smallest absolute Gasteiger partial charge is 0.254 e. The monoisotopic (exact) mass is 256 g/mol. The summed E-state index contributed by atoms with van der Waals surface area (Å²) in [6.45, 7) is 2.07. The number of thiol groups is 1. The number of likely N-dealkylation sites (N-methyl/N-ethyl adjacent to an activating group) is 1. The molecule has 0 aromatic heterocycles. The van der Waals surface area contributed by atoms with Crippen LogP contribution in [0.25, 0.3) is 0 Å². The molecule has 1 aromatic rings. The van der Waals surface area contributed by atoms with Crippen molar-refractivity contribution in [1.82, 2.24) is 10.6 Å². The van der Waals surface area contributed by atoms with Gasteiger partial charge in [0.1, 0.15) is 5.82 Å². The van der Waals surface area contributed by atoms with Gasteiger partial charge in [-0.2, -0.15) is 0 Å². The van der Waals surface area contributed by atoms with Crippen molar-refractivity contribution < 1.29 is 14.0 Å². The molecule has 0 saturated heterocycles. The van der Waals surface area contributed by atoms with Gasteiger partial charge in [0.05, 0.1) is 12.1 Å². The number of halogens is 1. The highest BCUT2D eigenvalue weighted by Gasteiger charge is 2.12. The van der Waals surface area contributed by atoms with E-state index in [2.05, 4.69) is 23.3 Å². The van der Waals surface area contributed by atoms with E-state index < -0.39 is 11.7 Å². The van der Waals surface area contributed by atoms with Gasteiger partial charge in [-0.3, -0.25) is 9.59 Å². The van der Waals surface area contributed by atoms with Crippen molar-refractivity contribution in [3.63, 3.8) is 0 Å². The summed E-state index contributed by atoms with van der Waals surface area (Å²) in [6.07, 6.45) is 0. The summed E-state index contributed by atoms with van der Waals surface area (Å²) < 4.78 is 13.3. The van der Waals surface area contributed by atoms with Gasteiger partial charge in [-0.1, -0.05) is 0 Å². The Morgan fingerprint density at radius 1 is 1.35 bits per heavy atom. The molecule has 6 heteroatoms. The first-order valence-corrected chi connectivity index (χ1v) is 5.52. The highest BCUT2D eigenvalue weighted by molar-refractivity contribution is 7.80. The van der Waals surface area contributed by atoms with E-state index in [1.807, 2.05) is 0 Å². The lowest BCUT2D eigenvalue weighted by Gasteiger charge is -2.06. The van der Waals surface area contributed by atoms with Crippen LogP contribution in [0.4, 0.5) is 4.39 Å². The average Bonchev–Trinajstić information content (AvgIpc) is 2.29. The summed E-state index contributed by atoms with van der Waals surface area (Å²) in [7, 11) is 0. The molecule has 2 N–H and O–H groups in total. The Kier molecular flexibility index (Phi) is 4.96. The fourth-order valence-electron chi connectivity index (χ4n) is 1.20. The first-order valence-electron chi connectivity index (χ1n) is 5.08. The SMILES string of the molecule is CCNC(=O)CNC(=O)c1cc(S)ccc1F. The zero-order valence-corrected chi connectivity index (χ0v) is 10.2. The van der Waals surface area contributed by atoms with Crippen molar-refractivity contribution >= 4 is 24.4 Å². The number of carbonyl (C=O) groups is 2. The summed E-state index contributed by atoms with van der Waals surface area (Å²) in [4.78, 5) is 23.1. The van der Waals surface area contributed by atoms with Crippen molar-refractivity contribution in [2.45, 2.75) is 11.8 Å². The molecule has 0 spiro atoms. The fourth-order valence-corrected chi connectivity index (χ4v) is 1.41. The van der Waals surface area contributed by atoms with E-state index in [1.54, 1.807) is 6.92 Å². The molecule has 0 aliphatic rings. The van der Waals surface area contributed by atoms with Gasteiger partial charge in [0.15, 0.2) is 0 Å². The first-order chi connectivity index (χ1) is 8.04. The molecule has 1 rings (SSSR count). The van der Waals surface area contributed by atoms with E-state index in [1.165, 1.54) is 12.1 Å². The van der Waals surface area contributed by atoms with Crippen LogP contribution in [0, 0.1) is 5.82 Å². The quantitative estimate of drug-likeness (QED) is 0.703. The van der Waals surface area contributed by atoms with Crippen LogP contribution in [-0.2, 0) is 4.79 Å². The molecular weight excluding hydrogens is 243 g/mol. The molecule has 0 saturated carbocycles. The van der Waals surface area contributed by atoms with E-state index in [4.69, 9.17) is 0 Å². The summed E-state index contributed by atoms with van der Waals surface area (Å²) in [6, 6.07) is 3.91. The van der Waals surface area contributed by atoms with Crippen LogP contribution >= 0.6 is 12.6 Å². The van der Waals surface area contributed by atoms with Gasteiger partial charge in [-0.25, -0.2) is 4.39 Å². The van der Waals surface area contributed by atoms with Gasteiger partial charge >= 0.3 is 0 Å². The molecule has 2 amide bonds. The number of hydrogen-bond donors (Lipinski definition) is 3. The van der Waals surface area contributed by atoms with Crippen molar-refractivity contribution in [2.75, 3.05) is 13.1 Å². The Bertz CT molecular complexity index is 437. The van der Waals surface area contributed by atoms with Crippen LogP contribution in [-0.4, -0.2) is 24.9 Å². The predicted octanol–water partition coefficient (Wildman–Crippen LogP) is 0.980. The Morgan fingerprint density at radius 2 is 2.06 bits per heavy atom. The lowest BCUT2D eigenvalue weighted by atomic mass is 10.2. The minimum atomic E-state index is -0.642. The predicted molar refractivity (Wildman–Crippen MR) is 64.7 cm³/mol. The lowest BCUT2D eigenvalue weighted by Crippen LogP contribution is -2.37. The molecular formula is C11H13FN2O2S. The second-order valence-electron chi connectivity index (χ2n) is 3.30. The molecule has 0 unspecified atom stereocenters. The minimum absolute atomic E-state index is 0.123. The van der Waals surface area contributed by atoms with Gasteiger partial charge in [-0.15, -0.1) is 12.6 Å². The third-order valence-electron chi connectivity index (χ3n) is 1.98. The Balaban J connectivity index is 2.64. The van der Waals surface area contributed by atoms with Crippen LogP contribution < -0.4 is 10.6 Å². The van der Waals surface area contributed by atoms with E-state index >= 15 is 0 Å². The molecule has 17 heavy (non-hydrogen) atoms. The zero-order chi connectivity index (χ0) is 12.8. The maximum Gasteiger partial charge on any atom is 0.254 e. The van der Waals surface area contributed by atoms with E-state index in [9.17, 15) is 14.0 Å².